The number of benzene rings is 1. The average Bonchev–Trinajstić information content (AvgIpc) is 2.30. The first kappa shape index (κ1) is 13.5. The SMILES string of the molecule is CCCCOP(=O)(CC)c1ccccc1C. The van der Waals surface area contributed by atoms with Crippen molar-refractivity contribution in [2.45, 2.75) is 33.6 Å². The smallest absolute Gasteiger partial charge is 0.232 e. The minimum atomic E-state index is -2.62. The molecule has 2 nitrogen and oxygen atoms in total. The van der Waals surface area contributed by atoms with Crippen molar-refractivity contribution in [3.8, 4) is 0 Å². The van der Waals surface area contributed by atoms with E-state index in [9.17, 15) is 4.57 Å². The van der Waals surface area contributed by atoms with Gasteiger partial charge in [-0.2, -0.15) is 0 Å². The van der Waals surface area contributed by atoms with Crippen LogP contribution < -0.4 is 5.30 Å². The molecule has 1 rings (SSSR count). The molecule has 0 spiro atoms. The molecule has 0 aliphatic heterocycles. The van der Waals surface area contributed by atoms with Gasteiger partial charge in [0.15, 0.2) is 0 Å². The van der Waals surface area contributed by atoms with Crippen molar-refractivity contribution in [1.29, 1.82) is 0 Å². The molecule has 0 aliphatic carbocycles. The van der Waals surface area contributed by atoms with E-state index in [-0.39, 0.29) is 0 Å². The second-order valence-corrected chi connectivity index (χ2v) is 6.68. The number of rotatable bonds is 6. The fraction of sp³-hybridized carbons (Fsp3) is 0.538. The van der Waals surface area contributed by atoms with Gasteiger partial charge in [0.1, 0.15) is 0 Å². The first-order valence-corrected chi connectivity index (χ1v) is 7.75. The van der Waals surface area contributed by atoms with Gasteiger partial charge in [0, 0.05) is 11.5 Å². The summed E-state index contributed by atoms with van der Waals surface area (Å²) in [5.41, 5.74) is 1.06. The average molecular weight is 240 g/mol. The topological polar surface area (TPSA) is 26.3 Å². The molecule has 0 heterocycles. The van der Waals surface area contributed by atoms with Gasteiger partial charge in [0.2, 0.25) is 7.37 Å². The summed E-state index contributed by atoms with van der Waals surface area (Å²) >= 11 is 0. The van der Waals surface area contributed by atoms with E-state index in [0.717, 1.165) is 23.7 Å². The summed E-state index contributed by atoms with van der Waals surface area (Å²) in [6.45, 7) is 6.62. The molecule has 0 radical (unpaired) electrons. The van der Waals surface area contributed by atoms with Gasteiger partial charge in [0.25, 0.3) is 0 Å². The summed E-state index contributed by atoms with van der Waals surface area (Å²) in [5, 5.41) is 0.883. The van der Waals surface area contributed by atoms with Crippen LogP contribution in [0.25, 0.3) is 0 Å². The highest BCUT2D eigenvalue weighted by molar-refractivity contribution is 7.67. The summed E-state index contributed by atoms with van der Waals surface area (Å²) in [4.78, 5) is 0. The summed E-state index contributed by atoms with van der Waals surface area (Å²) in [5.74, 6) is 0. The largest absolute Gasteiger partial charge is 0.325 e. The van der Waals surface area contributed by atoms with Crippen LogP contribution in [0, 0.1) is 6.92 Å². The van der Waals surface area contributed by atoms with Crippen molar-refractivity contribution in [3.05, 3.63) is 29.8 Å². The molecule has 3 heteroatoms. The van der Waals surface area contributed by atoms with E-state index in [1.807, 2.05) is 38.1 Å². The Morgan fingerprint density at radius 2 is 1.94 bits per heavy atom. The Morgan fingerprint density at radius 1 is 1.25 bits per heavy atom. The Morgan fingerprint density at radius 3 is 2.50 bits per heavy atom. The minimum absolute atomic E-state index is 0.571. The first-order valence-electron chi connectivity index (χ1n) is 5.94. The Kier molecular flexibility index (Phi) is 5.24. The molecule has 0 aliphatic rings. The molecule has 1 unspecified atom stereocenters. The van der Waals surface area contributed by atoms with Gasteiger partial charge in [-0.1, -0.05) is 38.5 Å². The predicted molar refractivity (Wildman–Crippen MR) is 69.8 cm³/mol. The van der Waals surface area contributed by atoms with E-state index < -0.39 is 7.37 Å². The van der Waals surface area contributed by atoms with Crippen LogP contribution in [0.4, 0.5) is 0 Å². The fourth-order valence-electron chi connectivity index (χ4n) is 1.63. The van der Waals surface area contributed by atoms with E-state index in [0.29, 0.717) is 12.8 Å². The van der Waals surface area contributed by atoms with Crippen LogP contribution in [0.1, 0.15) is 32.3 Å². The van der Waals surface area contributed by atoms with Crippen molar-refractivity contribution in [2.75, 3.05) is 12.8 Å². The van der Waals surface area contributed by atoms with E-state index in [1.165, 1.54) is 0 Å². The number of hydrogen-bond acceptors (Lipinski definition) is 2. The van der Waals surface area contributed by atoms with Gasteiger partial charge >= 0.3 is 0 Å². The quantitative estimate of drug-likeness (QED) is 0.559. The Balaban J connectivity index is 2.88. The monoisotopic (exact) mass is 240 g/mol. The van der Waals surface area contributed by atoms with Crippen molar-refractivity contribution in [1.82, 2.24) is 0 Å². The number of aryl methyl sites for hydroxylation is 1. The molecule has 0 amide bonds. The Bertz CT molecular complexity index is 374. The van der Waals surface area contributed by atoms with Gasteiger partial charge in [-0.05, 0) is 25.0 Å². The van der Waals surface area contributed by atoms with E-state index in [2.05, 4.69) is 6.92 Å². The lowest BCUT2D eigenvalue weighted by atomic mass is 10.2. The molecule has 0 aromatic heterocycles. The standard InChI is InChI=1S/C13H21O2P/c1-4-6-11-15-16(14,5-2)13-10-8-7-9-12(13)3/h7-10H,4-6,11H2,1-3H3. The van der Waals surface area contributed by atoms with Gasteiger partial charge in [-0.15, -0.1) is 0 Å². The summed E-state index contributed by atoms with van der Waals surface area (Å²) in [6.07, 6.45) is 2.61. The van der Waals surface area contributed by atoms with Crippen LogP contribution in [0.5, 0.6) is 0 Å². The van der Waals surface area contributed by atoms with Crippen molar-refractivity contribution in [2.24, 2.45) is 0 Å². The third kappa shape index (κ3) is 3.20. The minimum Gasteiger partial charge on any atom is -0.325 e. The number of unbranched alkanes of at least 4 members (excludes halogenated alkanes) is 1. The molecule has 1 atom stereocenters. The highest BCUT2D eigenvalue weighted by Crippen LogP contribution is 2.46. The van der Waals surface area contributed by atoms with E-state index >= 15 is 0 Å². The highest BCUT2D eigenvalue weighted by atomic mass is 31.2. The van der Waals surface area contributed by atoms with E-state index in [1.54, 1.807) is 0 Å². The van der Waals surface area contributed by atoms with Crippen LogP contribution >= 0.6 is 7.37 Å². The van der Waals surface area contributed by atoms with Crippen LogP contribution in [0.2, 0.25) is 0 Å². The molecule has 0 N–H and O–H groups in total. The number of hydrogen-bond donors (Lipinski definition) is 0. The molecule has 16 heavy (non-hydrogen) atoms. The van der Waals surface area contributed by atoms with Crippen LogP contribution in [0.3, 0.4) is 0 Å². The first-order chi connectivity index (χ1) is 7.64. The predicted octanol–water partition coefficient (Wildman–Crippen LogP) is 3.74. The van der Waals surface area contributed by atoms with Crippen LogP contribution in [-0.4, -0.2) is 12.8 Å². The molecule has 0 saturated heterocycles. The maximum atomic E-state index is 12.7. The lowest BCUT2D eigenvalue weighted by Crippen LogP contribution is -2.13. The molecular formula is C13H21O2P. The zero-order chi connectivity index (χ0) is 12.0. The third-order valence-electron chi connectivity index (χ3n) is 2.70. The Hall–Kier alpha value is -0.590. The maximum Gasteiger partial charge on any atom is 0.232 e. The Labute approximate surface area is 98.5 Å². The van der Waals surface area contributed by atoms with Gasteiger partial charge in [-0.3, -0.25) is 4.57 Å². The molecule has 0 fully saturated rings. The summed E-state index contributed by atoms with van der Waals surface area (Å²) in [6, 6.07) is 7.80. The van der Waals surface area contributed by atoms with Crippen LogP contribution in [-0.2, 0) is 9.09 Å². The third-order valence-corrected chi connectivity index (χ3v) is 5.36. The van der Waals surface area contributed by atoms with Crippen LogP contribution in [0.15, 0.2) is 24.3 Å². The van der Waals surface area contributed by atoms with Gasteiger partial charge in [0.05, 0.1) is 6.61 Å². The zero-order valence-electron chi connectivity index (χ0n) is 10.4. The molecule has 0 bridgehead atoms. The lowest BCUT2D eigenvalue weighted by molar-refractivity contribution is 0.313. The second-order valence-electron chi connectivity index (χ2n) is 3.96. The van der Waals surface area contributed by atoms with E-state index in [4.69, 9.17) is 4.52 Å². The normalized spacial score (nSPS) is 14.7. The van der Waals surface area contributed by atoms with Crippen molar-refractivity contribution >= 4 is 12.7 Å². The van der Waals surface area contributed by atoms with Crippen molar-refractivity contribution < 1.29 is 9.09 Å². The summed E-state index contributed by atoms with van der Waals surface area (Å²) < 4.78 is 18.3. The maximum absolute atomic E-state index is 12.7. The second kappa shape index (κ2) is 6.22. The highest BCUT2D eigenvalue weighted by Gasteiger charge is 2.24. The molecule has 0 saturated carbocycles. The molecular weight excluding hydrogens is 219 g/mol. The van der Waals surface area contributed by atoms with Crippen molar-refractivity contribution in [3.63, 3.8) is 0 Å². The molecule has 90 valence electrons. The zero-order valence-corrected chi connectivity index (χ0v) is 11.3. The summed E-state index contributed by atoms with van der Waals surface area (Å²) in [7, 11) is -2.62. The van der Waals surface area contributed by atoms with Gasteiger partial charge < -0.3 is 4.52 Å². The fourth-order valence-corrected chi connectivity index (χ4v) is 3.64. The van der Waals surface area contributed by atoms with Gasteiger partial charge in [-0.25, -0.2) is 0 Å². The lowest BCUT2D eigenvalue weighted by Gasteiger charge is -2.19. The molecule has 1 aromatic carbocycles. The molecule has 1 aromatic rings.